The van der Waals surface area contributed by atoms with Gasteiger partial charge in [0.1, 0.15) is 5.69 Å². The van der Waals surface area contributed by atoms with Crippen molar-refractivity contribution in [2.75, 3.05) is 35.8 Å². The Morgan fingerprint density at radius 2 is 1.96 bits per heavy atom. The highest BCUT2D eigenvalue weighted by atomic mass is 16.5. The molecule has 4 rings (SSSR count). The molecule has 9 heteroatoms. The molecule has 0 aromatic carbocycles. The lowest BCUT2D eigenvalue weighted by atomic mass is 10.2. The van der Waals surface area contributed by atoms with Crippen LogP contribution in [0.25, 0.3) is 0 Å². The average molecular weight is 369 g/mol. The lowest BCUT2D eigenvalue weighted by Gasteiger charge is -2.30. The number of anilines is 4. The van der Waals surface area contributed by atoms with E-state index in [0.29, 0.717) is 36.7 Å². The summed E-state index contributed by atoms with van der Waals surface area (Å²) in [7, 11) is 3.32. The smallest absolute Gasteiger partial charge is 0.257 e. The number of amides is 1. The molecule has 1 aliphatic carbocycles. The molecule has 1 fully saturated rings. The monoisotopic (exact) mass is 369 g/mol. The van der Waals surface area contributed by atoms with Crippen molar-refractivity contribution in [2.45, 2.75) is 38.1 Å². The standard InChI is InChI=1S/C18H23N7O2/c1-24-13-11-21-18(22-15-17(27-2)20-9-8-19-15)23-16(13)25(10-7-14(24)26)12-5-3-4-6-12/h8-9,11-12H,3-7,10H2,1-2H3,(H,19,21,22,23). The first-order valence-corrected chi connectivity index (χ1v) is 9.19. The molecule has 0 unspecified atom stereocenters. The van der Waals surface area contributed by atoms with Crippen LogP contribution in [0.2, 0.25) is 0 Å². The largest absolute Gasteiger partial charge is 0.478 e. The Labute approximate surface area is 157 Å². The Morgan fingerprint density at radius 1 is 1.19 bits per heavy atom. The fourth-order valence-corrected chi connectivity index (χ4v) is 3.74. The van der Waals surface area contributed by atoms with E-state index >= 15 is 0 Å². The zero-order valence-electron chi connectivity index (χ0n) is 15.6. The van der Waals surface area contributed by atoms with E-state index in [2.05, 4.69) is 25.2 Å². The summed E-state index contributed by atoms with van der Waals surface area (Å²) in [6.45, 7) is 0.672. The number of nitrogens with one attached hydrogen (secondary N) is 1. The second-order valence-electron chi connectivity index (χ2n) is 6.78. The van der Waals surface area contributed by atoms with Crippen LogP contribution in [0.5, 0.6) is 5.88 Å². The Bertz CT molecular complexity index is 838. The van der Waals surface area contributed by atoms with Crippen molar-refractivity contribution in [1.29, 1.82) is 0 Å². The van der Waals surface area contributed by atoms with Gasteiger partial charge in [0.2, 0.25) is 11.9 Å². The topological polar surface area (TPSA) is 96.4 Å². The summed E-state index contributed by atoms with van der Waals surface area (Å²) in [5.74, 6) is 2.09. The van der Waals surface area contributed by atoms with E-state index in [1.165, 1.54) is 20.0 Å². The summed E-state index contributed by atoms with van der Waals surface area (Å²) in [4.78, 5) is 33.8. The van der Waals surface area contributed by atoms with Gasteiger partial charge < -0.3 is 19.9 Å². The van der Waals surface area contributed by atoms with Crippen LogP contribution in [0.1, 0.15) is 32.1 Å². The maximum atomic E-state index is 12.4. The molecule has 3 heterocycles. The number of aromatic nitrogens is 4. The molecular weight excluding hydrogens is 346 g/mol. The van der Waals surface area contributed by atoms with Gasteiger partial charge in [-0.3, -0.25) is 4.79 Å². The third kappa shape index (κ3) is 3.36. The van der Waals surface area contributed by atoms with Gasteiger partial charge in [-0.1, -0.05) is 12.8 Å². The van der Waals surface area contributed by atoms with Crippen molar-refractivity contribution in [2.24, 2.45) is 0 Å². The molecule has 1 saturated carbocycles. The summed E-state index contributed by atoms with van der Waals surface area (Å²) in [6.07, 6.45) is 9.99. The van der Waals surface area contributed by atoms with E-state index < -0.39 is 0 Å². The van der Waals surface area contributed by atoms with Gasteiger partial charge in [-0.05, 0) is 12.8 Å². The molecule has 2 aromatic rings. The molecule has 9 nitrogen and oxygen atoms in total. The van der Waals surface area contributed by atoms with Crippen LogP contribution < -0.4 is 19.9 Å². The van der Waals surface area contributed by atoms with Crippen LogP contribution >= 0.6 is 0 Å². The first-order valence-electron chi connectivity index (χ1n) is 9.19. The maximum absolute atomic E-state index is 12.4. The first-order chi connectivity index (χ1) is 13.2. The minimum Gasteiger partial charge on any atom is -0.478 e. The molecule has 0 atom stereocenters. The molecule has 142 valence electrons. The molecule has 2 aromatic heterocycles. The average Bonchev–Trinajstić information content (AvgIpc) is 3.19. The maximum Gasteiger partial charge on any atom is 0.257 e. The van der Waals surface area contributed by atoms with Gasteiger partial charge in [0.05, 0.1) is 13.3 Å². The number of carbonyl (C=O) groups excluding carboxylic acids is 1. The zero-order valence-corrected chi connectivity index (χ0v) is 15.6. The normalized spacial score (nSPS) is 17.6. The van der Waals surface area contributed by atoms with Gasteiger partial charge >= 0.3 is 0 Å². The second kappa shape index (κ2) is 7.34. The third-order valence-electron chi connectivity index (χ3n) is 5.18. The lowest BCUT2D eigenvalue weighted by molar-refractivity contribution is -0.118. The van der Waals surface area contributed by atoms with E-state index in [1.807, 2.05) is 0 Å². The van der Waals surface area contributed by atoms with Crippen LogP contribution in [0, 0.1) is 0 Å². The highest BCUT2D eigenvalue weighted by molar-refractivity contribution is 5.97. The predicted molar refractivity (Wildman–Crippen MR) is 102 cm³/mol. The van der Waals surface area contributed by atoms with Gasteiger partial charge in [0.25, 0.3) is 5.88 Å². The number of ether oxygens (including phenoxy) is 1. The number of nitrogens with zero attached hydrogens (tertiary/aromatic N) is 6. The van der Waals surface area contributed by atoms with Crippen molar-refractivity contribution in [3.05, 3.63) is 18.6 Å². The van der Waals surface area contributed by atoms with Crippen LogP contribution in [0.3, 0.4) is 0 Å². The lowest BCUT2D eigenvalue weighted by Crippen LogP contribution is -2.34. The molecule has 27 heavy (non-hydrogen) atoms. The van der Waals surface area contributed by atoms with E-state index in [-0.39, 0.29) is 5.91 Å². The third-order valence-corrected chi connectivity index (χ3v) is 5.18. The van der Waals surface area contributed by atoms with Gasteiger partial charge in [-0.25, -0.2) is 15.0 Å². The molecule has 1 amide bonds. The highest BCUT2D eigenvalue weighted by Gasteiger charge is 2.31. The van der Waals surface area contributed by atoms with E-state index in [1.54, 1.807) is 30.5 Å². The van der Waals surface area contributed by atoms with Crippen molar-refractivity contribution in [3.63, 3.8) is 0 Å². The number of hydrogen-bond acceptors (Lipinski definition) is 8. The summed E-state index contributed by atoms with van der Waals surface area (Å²) in [6, 6.07) is 0.414. The van der Waals surface area contributed by atoms with Crippen LogP contribution in [0.4, 0.5) is 23.3 Å². The SMILES string of the molecule is COc1nccnc1Nc1ncc2c(n1)N(C1CCCC1)CCC(=O)N2C. The van der Waals surface area contributed by atoms with Crippen molar-refractivity contribution in [3.8, 4) is 5.88 Å². The summed E-state index contributed by atoms with van der Waals surface area (Å²) in [5.41, 5.74) is 0.737. The van der Waals surface area contributed by atoms with Gasteiger partial charge in [0, 0.05) is 38.4 Å². The molecule has 2 aliphatic rings. The van der Waals surface area contributed by atoms with Crippen molar-refractivity contribution < 1.29 is 9.53 Å². The Morgan fingerprint density at radius 3 is 2.74 bits per heavy atom. The van der Waals surface area contributed by atoms with Crippen LogP contribution in [-0.2, 0) is 4.79 Å². The molecule has 0 spiro atoms. The molecule has 1 aliphatic heterocycles. The zero-order chi connectivity index (χ0) is 18.8. The number of hydrogen-bond donors (Lipinski definition) is 1. The van der Waals surface area contributed by atoms with Gasteiger partial charge in [-0.15, -0.1) is 0 Å². The van der Waals surface area contributed by atoms with E-state index in [4.69, 9.17) is 9.72 Å². The second-order valence-corrected chi connectivity index (χ2v) is 6.78. The summed E-state index contributed by atoms with van der Waals surface area (Å²) in [5, 5.41) is 3.08. The van der Waals surface area contributed by atoms with E-state index in [9.17, 15) is 4.79 Å². The minimum absolute atomic E-state index is 0.0802. The number of carbonyl (C=O) groups is 1. The van der Waals surface area contributed by atoms with Crippen LogP contribution in [-0.4, -0.2) is 52.6 Å². The Kier molecular flexibility index (Phi) is 4.74. The number of methoxy groups -OCH3 is 1. The quantitative estimate of drug-likeness (QED) is 0.876. The fourth-order valence-electron chi connectivity index (χ4n) is 3.74. The summed E-state index contributed by atoms with van der Waals surface area (Å²) >= 11 is 0. The van der Waals surface area contributed by atoms with E-state index in [0.717, 1.165) is 24.3 Å². The van der Waals surface area contributed by atoms with Crippen LogP contribution in [0.15, 0.2) is 18.6 Å². The van der Waals surface area contributed by atoms with Crippen molar-refractivity contribution in [1.82, 2.24) is 19.9 Å². The Balaban J connectivity index is 1.71. The fraction of sp³-hybridized carbons (Fsp3) is 0.500. The number of fused-ring (bicyclic) bond motifs is 1. The Hall–Kier alpha value is -2.97. The summed E-state index contributed by atoms with van der Waals surface area (Å²) < 4.78 is 5.23. The van der Waals surface area contributed by atoms with Gasteiger partial charge in [0.15, 0.2) is 11.6 Å². The molecule has 0 bridgehead atoms. The highest BCUT2D eigenvalue weighted by Crippen LogP contribution is 2.36. The predicted octanol–water partition coefficient (Wildman–Crippen LogP) is 2.13. The number of rotatable bonds is 4. The molecule has 0 radical (unpaired) electrons. The van der Waals surface area contributed by atoms with Gasteiger partial charge in [-0.2, -0.15) is 4.98 Å². The van der Waals surface area contributed by atoms with Crippen molar-refractivity contribution >= 4 is 29.2 Å². The molecule has 1 N–H and O–H groups in total. The molecule has 0 saturated heterocycles. The minimum atomic E-state index is 0.0802. The molecular formula is C18H23N7O2. The first kappa shape index (κ1) is 17.4.